The van der Waals surface area contributed by atoms with Gasteiger partial charge < -0.3 is 5.11 Å². The Morgan fingerprint density at radius 2 is 1.53 bits per heavy atom. The molecule has 36 heavy (non-hydrogen) atoms. The minimum atomic E-state index is -0.285. The van der Waals surface area contributed by atoms with Gasteiger partial charge in [0.1, 0.15) is 0 Å². The monoisotopic (exact) mass is 489 g/mol. The summed E-state index contributed by atoms with van der Waals surface area (Å²) in [5.74, 6) is 9.76. The van der Waals surface area contributed by atoms with E-state index in [0.717, 1.165) is 38.0 Å². The molecule has 0 bridgehead atoms. The number of aliphatic imine (C=N–C) groups is 1. The molecule has 7 rings (SSSR count). The largest absolute Gasteiger partial charge is 0.392 e. The third-order valence-corrected chi connectivity index (χ3v) is 15.6. The van der Waals surface area contributed by atoms with Gasteiger partial charge in [0.2, 0.25) is 6.08 Å². The first-order chi connectivity index (χ1) is 17.0. The first kappa shape index (κ1) is 24.0. The Kier molecular flexibility index (Phi) is 4.60. The van der Waals surface area contributed by atoms with Crippen molar-refractivity contribution in [1.82, 2.24) is 0 Å². The number of hydrogen-bond acceptors (Lipinski definition) is 3. The Labute approximate surface area is 218 Å². The second kappa shape index (κ2) is 6.90. The van der Waals surface area contributed by atoms with Crippen LogP contribution in [0.5, 0.6) is 0 Å². The maximum Gasteiger partial charge on any atom is 0.235 e. The van der Waals surface area contributed by atoms with E-state index >= 15 is 0 Å². The first-order valence-corrected chi connectivity index (χ1v) is 15.2. The molecular weight excluding hydrogens is 442 g/mol. The van der Waals surface area contributed by atoms with E-state index < -0.39 is 0 Å². The van der Waals surface area contributed by atoms with Crippen molar-refractivity contribution in [1.29, 1.82) is 0 Å². The molecule has 0 radical (unpaired) electrons. The van der Waals surface area contributed by atoms with Crippen LogP contribution in [-0.2, 0) is 4.79 Å². The zero-order valence-corrected chi connectivity index (χ0v) is 23.4. The number of isocyanates is 1. The van der Waals surface area contributed by atoms with Gasteiger partial charge in [-0.1, -0.05) is 33.6 Å². The van der Waals surface area contributed by atoms with E-state index in [9.17, 15) is 9.90 Å². The molecule has 0 aliphatic heterocycles. The van der Waals surface area contributed by atoms with Crippen molar-refractivity contribution in [2.75, 3.05) is 0 Å². The van der Waals surface area contributed by atoms with Crippen LogP contribution in [0.2, 0.25) is 0 Å². The topological polar surface area (TPSA) is 49.7 Å². The van der Waals surface area contributed by atoms with Gasteiger partial charge in [-0.25, -0.2) is 4.79 Å². The highest BCUT2D eigenvalue weighted by Gasteiger charge is 2.76. The summed E-state index contributed by atoms with van der Waals surface area (Å²) in [4.78, 5) is 16.5. The van der Waals surface area contributed by atoms with Gasteiger partial charge in [-0.3, -0.25) is 0 Å². The minimum Gasteiger partial charge on any atom is -0.392 e. The number of nitrogens with zero attached hydrogens (tertiary/aromatic N) is 1. The molecule has 0 aromatic carbocycles. The quantitative estimate of drug-likeness (QED) is 0.256. The lowest BCUT2D eigenvalue weighted by molar-refractivity contribution is -0.271. The lowest BCUT2D eigenvalue weighted by Crippen LogP contribution is -2.70. The van der Waals surface area contributed by atoms with Gasteiger partial charge >= 0.3 is 0 Å². The zero-order chi connectivity index (χ0) is 25.4. The van der Waals surface area contributed by atoms with Gasteiger partial charge in [0.15, 0.2) is 0 Å². The van der Waals surface area contributed by atoms with Crippen LogP contribution in [0.25, 0.3) is 0 Å². The normalized spacial score (nSPS) is 59.7. The fourth-order valence-corrected chi connectivity index (χ4v) is 13.0. The molecule has 0 amide bonds. The maximum absolute atomic E-state index is 11.8. The Morgan fingerprint density at radius 3 is 2.25 bits per heavy atom. The van der Waals surface area contributed by atoms with Crippen LogP contribution in [0, 0.1) is 68.0 Å². The molecule has 1 spiro atoms. The smallest absolute Gasteiger partial charge is 0.235 e. The van der Waals surface area contributed by atoms with Gasteiger partial charge in [-0.2, -0.15) is 4.99 Å². The van der Waals surface area contributed by atoms with E-state index in [1.54, 1.807) is 0 Å². The van der Waals surface area contributed by atoms with Gasteiger partial charge in [0, 0.05) is 11.8 Å². The summed E-state index contributed by atoms with van der Waals surface area (Å²) in [6.45, 7) is 12.8. The molecule has 0 aromatic heterocycles. The molecule has 6 saturated carbocycles. The summed E-state index contributed by atoms with van der Waals surface area (Å²) in [7, 11) is 0. The molecule has 7 aliphatic carbocycles. The first-order valence-electron chi connectivity index (χ1n) is 15.2. The molecule has 6 fully saturated rings. The summed E-state index contributed by atoms with van der Waals surface area (Å²) in [6.07, 6.45) is 17.2. The molecule has 1 N–H and O–H groups in total. The number of fused-ring (bicyclic) bond motifs is 6. The SMILES string of the molecule is CC1([C@@H]2CC[C@]3(N=C=O)CC[C@]4(C)[C@H](CC[C@@H]5[C@@]6(C)CC[C@H](O)[C@@]7(C)C#CC[C@]76CC[C@]54C)[C@@H]23)CC1. The summed E-state index contributed by atoms with van der Waals surface area (Å²) >= 11 is 0. The van der Waals surface area contributed by atoms with Crippen LogP contribution in [-0.4, -0.2) is 22.8 Å². The lowest BCUT2D eigenvalue weighted by Gasteiger charge is -2.75. The van der Waals surface area contributed by atoms with Crippen molar-refractivity contribution < 1.29 is 9.90 Å². The molecule has 0 saturated heterocycles. The highest BCUT2D eigenvalue weighted by molar-refractivity contribution is 5.38. The number of rotatable bonds is 2. The van der Waals surface area contributed by atoms with Crippen LogP contribution >= 0.6 is 0 Å². The van der Waals surface area contributed by atoms with Crippen molar-refractivity contribution in [3.63, 3.8) is 0 Å². The Hall–Kier alpha value is -1.10. The second-order valence-corrected chi connectivity index (χ2v) is 15.9. The molecule has 196 valence electrons. The van der Waals surface area contributed by atoms with Crippen LogP contribution in [0.3, 0.4) is 0 Å². The fourth-order valence-electron chi connectivity index (χ4n) is 13.0. The van der Waals surface area contributed by atoms with E-state index in [4.69, 9.17) is 4.99 Å². The lowest BCUT2D eigenvalue weighted by atomic mass is 9.29. The molecule has 0 heterocycles. The number of aliphatic hydroxyl groups excluding tert-OH is 1. The maximum atomic E-state index is 11.8. The summed E-state index contributed by atoms with van der Waals surface area (Å²) in [5, 5.41) is 11.2. The Bertz CT molecular complexity index is 1110. The van der Waals surface area contributed by atoms with Crippen molar-refractivity contribution >= 4 is 6.08 Å². The van der Waals surface area contributed by atoms with Crippen molar-refractivity contribution in [2.45, 2.75) is 130 Å². The van der Waals surface area contributed by atoms with Crippen LogP contribution in [0.15, 0.2) is 4.99 Å². The van der Waals surface area contributed by atoms with E-state index in [0.29, 0.717) is 23.2 Å². The van der Waals surface area contributed by atoms with Gasteiger partial charge in [-0.05, 0) is 129 Å². The van der Waals surface area contributed by atoms with Crippen molar-refractivity contribution in [3.05, 3.63) is 0 Å². The van der Waals surface area contributed by atoms with E-state index in [-0.39, 0.29) is 38.7 Å². The predicted molar refractivity (Wildman–Crippen MR) is 142 cm³/mol. The van der Waals surface area contributed by atoms with E-state index in [1.807, 2.05) is 0 Å². The molecular formula is C33H47NO2. The van der Waals surface area contributed by atoms with Gasteiger partial charge in [-0.15, -0.1) is 5.92 Å². The van der Waals surface area contributed by atoms with E-state index in [1.165, 1.54) is 51.4 Å². The standard InChI is InChI=1S/C33H47NO2/c1-27(15-16-27)22-9-14-32(34-21-35)19-17-28(2)23(26(22)32)7-8-24-29(28,3)18-20-33-12-6-11-31(33,5)25(36)10-13-30(24,33)4/h22-26,36H,7-10,12-20H2,1-5H3/t22-,23-,24+,25+,26-,28-,29-,30-,31-,32+,33-/m1/s1. The molecule has 3 nitrogen and oxygen atoms in total. The zero-order valence-electron chi connectivity index (χ0n) is 23.4. The average Bonchev–Trinajstić information content (AvgIpc) is 3.30. The van der Waals surface area contributed by atoms with Crippen LogP contribution in [0.4, 0.5) is 0 Å². The summed E-state index contributed by atoms with van der Waals surface area (Å²) in [6, 6.07) is 0. The predicted octanol–water partition coefficient (Wildman–Crippen LogP) is 7.07. The average molecular weight is 490 g/mol. The molecule has 0 aromatic rings. The minimum absolute atomic E-state index is 0.0999. The van der Waals surface area contributed by atoms with E-state index in [2.05, 4.69) is 52.5 Å². The number of hydrogen-bond donors (Lipinski definition) is 1. The summed E-state index contributed by atoms with van der Waals surface area (Å²) in [5.41, 5.74) is 0.970. The highest BCUT2D eigenvalue weighted by atomic mass is 16.3. The van der Waals surface area contributed by atoms with Crippen molar-refractivity contribution in [3.8, 4) is 11.8 Å². The molecule has 3 heteroatoms. The van der Waals surface area contributed by atoms with Crippen LogP contribution in [0.1, 0.15) is 118 Å². The summed E-state index contributed by atoms with van der Waals surface area (Å²) < 4.78 is 0. The fraction of sp³-hybridized carbons (Fsp3) is 0.909. The number of aliphatic hydroxyl groups is 1. The Morgan fingerprint density at radius 1 is 0.778 bits per heavy atom. The Balaban J connectivity index is 1.31. The molecule has 0 unspecified atom stereocenters. The highest BCUT2D eigenvalue weighted by Crippen LogP contribution is 2.81. The van der Waals surface area contributed by atoms with Gasteiger partial charge in [0.25, 0.3) is 0 Å². The third kappa shape index (κ3) is 2.41. The number of carbonyl (C=O) groups excluding carboxylic acids is 1. The van der Waals surface area contributed by atoms with Gasteiger partial charge in [0.05, 0.1) is 17.1 Å². The third-order valence-electron chi connectivity index (χ3n) is 15.6. The van der Waals surface area contributed by atoms with Crippen LogP contribution < -0.4 is 0 Å². The van der Waals surface area contributed by atoms with Crippen molar-refractivity contribution in [2.24, 2.45) is 61.2 Å². The second-order valence-electron chi connectivity index (χ2n) is 15.9. The molecule has 11 atom stereocenters. The molecule has 7 aliphatic rings.